The molecular formula is C26H30N2O5. The molecule has 2 aliphatic rings. The molecule has 0 bridgehead atoms. The lowest BCUT2D eigenvalue weighted by Crippen LogP contribution is -2.44. The number of aliphatic carboxylic acids is 1. The SMILES string of the molecule is CN(CC(=O)O)C(=O)C[C@@H]1CCCC[C@@H]1NC(=O)OCC1c2ccccc2-c2ccccc21. The van der Waals surface area contributed by atoms with Gasteiger partial charge in [0.05, 0.1) is 0 Å². The maximum atomic E-state index is 12.7. The molecule has 1 fully saturated rings. The molecule has 2 atom stereocenters. The maximum Gasteiger partial charge on any atom is 0.407 e. The van der Waals surface area contributed by atoms with Gasteiger partial charge in [-0.25, -0.2) is 4.79 Å². The molecule has 0 aliphatic heterocycles. The van der Waals surface area contributed by atoms with Gasteiger partial charge in [-0.3, -0.25) is 9.59 Å². The molecule has 2 amide bonds. The van der Waals surface area contributed by atoms with Crippen LogP contribution in [-0.2, 0) is 14.3 Å². The second-order valence-corrected chi connectivity index (χ2v) is 8.97. The van der Waals surface area contributed by atoms with Crippen LogP contribution in [-0.4, -0.2) is 54.2 Å². The Morgan fingerprint density at radius 3 is 2.24 bits per heavy atom. The molecule has 33 heavy (non-hydrogen) atoms. The molecule has 2 aromatic rings. The molecule has 0 spiro atoms. The average molecular weight is 451 g/mol. The summed E-state index contributed by atoms with van der Waals surface area (Å²) in [6.07, 6.45) is 3.32. The van der Waals surface area contributed by atoms with E-state index in [0.29, 0.717) is 0 Å². The van der Waals surface area contributed by atoms with Gasteiger partial charge in [-0.1, -0.05) is 61.4 Å². The van der Waals surface area contributed by atoms with E-state index in [4.69, 9.17) is 9.84 Å². The quantitative estimate of drug-likeness (QED) is 0.664. The second-order valence-electron chi connectivity index (χ2n) is 8.97. The number of nitrogens with one attached hydrogen (secondary N) is 1. The number of hydrogen-bond acceptors (Lipinski definition) is 4. The van der Waals surface area contributed by atoms with E-state index in [1.54, 1.807) is 0 Å². The van der Waals surface area contributed by atoms with Gasteiger partial charge in [-0.05, 0) is 41.0 Å². The molecule has 0 aromatic heterocycles. The number of rotatable bonds is 7. The van der Waals surface area contributed by atoms with Crippen LogP contribution in [0.15, 0.2) is 48.5 Å². The van der Waals surface area contributed by atoms with E-state index in [2.05, 4.69) is 29.6 Å². The molecule has 7 nitrogen and oxygen atoms in total. The minimum absolute atomic E-state index is 0.00320. The predicted octanol–water partition coefficient (Wildman–Crippen LogP) is 4.02. The largest absolute Gasteiger partial charge is 0.480 e. The normalized spacial score (nSPS) is 19.3. The van der Waals surface area contributed by atoms with Gasteiger partial charge in [0.2, 0.25) is 5.91 Å². The smallest absolute Gasteiger partial charge is 0.407 e. The van der Waals surface area contributed by atoms with Crippen molar-refractivity contribution in [2.45, 2.75) is 44.1 Å². The summed E-state index contributed by atoms with van der Waals surface area (Å²) in [7, 11) is 1.49. The van der Waals surface area contributed by atoms with Gasteiger partial charge in [0.25, 0.3) is 0 Å². The first-order chi connectivity index (χ1) is 15.9. The Morgan fingerprint density at radius 1 is 1.00 bits per heavy atom. The summed E-state index contributed by atoms with van der Waals surface area (Å²) in [5.41, 5.74) is 4.68. The van der Waals surface area contributed by atoms with Crippen molar-refractivity contribution in [2.24, 2.45) is 5.92 Å². The van der Waals surface area contributed by atoms with E-state index >= 15 is 0 Å². The van der Waals surface area contributed by atoms with Gasteiger partial charge in [0.1, 0.15) is 13.2 Å². The highest BCUT2D eigenvalue weighted by atomic mass is 16.5. The number of carboxylic acids is 1. The lowest BCUT2D eigenvalue weighted by molar-refractivity contribution is -0.144. The van der Waals surface area contributed by atoms with E-state index in [1.165, 1.54) is 23.1 Å². The van der Waals surface area contributed by atoms with E-state index in [0.717, 1.165) is 36.8 Å². The van der Waals surface area contributed by atoms with Gasteiger partial charge in [0.15, 0.2) is 0 Å². The fourth-order valence-electron chi connectivity index (χ4n) is 5.10. The highest BCUT2D eigenvalue weighted by molar-refractivity contribution is 5.81. The number of alkyl carbamates (subject to hydrolysis) is 1. The number of nitrogens with zero attached hydrogens (tertiary/aromatic N) is 1. The lowest BCUT2D eigenvalue weighted by Gasteiger charge is -2.32. The molecule has 2 N–H and O–H groups in total. The number of fused-ring (bicyclic) bond motifs is 3. The van der Waals surface area contributed by atoms with Crippen molar-refractivity contribution in [2.75, 3.05) is 20.2 Å². The highest BCUT2D eigenvalue weighted by Gasteiger charge is 2.32. The topological polar surface area (TPSA) is 95.9 Å². The van der Waals surface area contributed by atoms with E-state index < -0.39 is 12.1 Å². The Hall–Kier alpha value is -3.35. The Labute approximate surface area is 193 Å². The average Bonchev–Trinajstić information content (AvgIpc) is 3.12. The molecule has 4 rings (SSSR count). The molecule has 0 saturated heterocycles. The third kappa shape index (κ3) is 5.18. The summed E-state index contributed by atoms with van der Waals surface area (Å²) in [6.45, 7) is -0.0758. The summed E-state index contributed by atoms with van der Waals surface area (Å²) in [5.74, 6) is -1.29. The number of amides is 2. The molecule has 1 saturated carbocycles. The van der Waals surface area contributed by atoms with Crippen molar-refractivity contribution in [3.63, 3.8) is 0 Å². The molecular weight excluding hydrogens is 420 g/mol. The number of carbonyl (C=O) groups is 3. The van der Waals surface area contributed by atoms with Crippen LogP contribution in [0.4, 0.5) is 4.79 Å². The Kier molecular flexibility index (Phi) is 6.96. The number of ether oxygens (including phenoxy) is 1. The molecule has 174 valence electrons. The standard InChI is InChI=1S/C26H30N2O5/c1-28(15-25(30)31)24(29)14-17-8-2-7-13-23(17)27-26(32)33-16-22-20-11-5-3-9-18(20)19-10-4-6-12-21(19)22/h3-6,9-12,17,22-23H,2,7-8,13-16H2,1H3,(H,27,32)(H,30,31)/t17-,23-/m0/s1. The van der Waals surface area contributed by atoms with Crippen LogP contribution < -0.4 is 5.32 Å². The zero-order valence-corrected chi connectivity index (χ0v) is 18.8. The molecule has 0 unspecified atom stereocenters. The van der Waals surface area contributed by atoms with Crippen LogP contribution in [0.2, 0.25) is 0 Å². The van der Waals surface area contributed by atoms with Crippen LogP contribution in [0.3, 0.4) is 0 Å². The molecule has 2 aromatic carbocycles. The monoisotopic (exact) mass is 450 g/mol. The zero-order chi connectivity index (χ0) is 23.4. The van der Waals surface area contributed by atoms with Gasteiger partial charge in [-0.2, -0.15) is 0 Å². The minimum Gasteiger partial charge on any atom is -0.480 e. The first-order valence-corrected chi connectivity index (χ1v) is 11.5. The maximum absolute atomic E-state index is 12.7. The van der Waals surface area contributed by atoms with Crippen molar-refractivity contribution in [3.05, 3.63) is 59.7 Å². The number of likely N-dealkylation sites (N-methyl/N-ethyl adjacent to an activating group) is 1. The minimum atomic E-state index is -1.04. The van der Waals surface area contributed by atoms with E-state index in [1.807, 2.05) is 24.3 Å². The van der Waals surface area contributed by atoms with Crippen LogP contribution in [0.5, 0.6) is 0 Å². The zero-order valence-electron chi connectivity index (χ0n) is 18.8. The van der Waals surface area contributed by atoms with Crippen molar-refractivity contribution in [1.82, 2.24) is 10.2 Å². The highest BCUT2D eigenvalue weighted by Crippen LogP contribution is 2.44. The second kappa shape index (κ2) is 10.1. The van der Waals surface area contributed by atoms with E-state index in [-0.39, 0.29) is 43.4 Å². The number of carboxylic acid groups (broad SMARTS) is 1. The van der Waals surface area contributed by atoms with Gasteiger partial charge in [0, 0.05) is 25.4 Å². The third-order valence-electron chi connectivity index (χ3n) is 6.79. The molecule has 2 aliphatic carbocycles. The number of benzene rings is 2. The summed E-state index contributed by atoms with van der Waals surface area (Å²) in [5, 5.41) is 11.9. The van der Waals surface area contributed by atoms with Crippen LogP contribution in [0, 0.1) is 5.92 Å². The fraction of sp³-hybridized carbons (Fsp3) is 0.423. The van der Waals surface area contributed by atoms with Crippen LogP contribution in [0.1, 0.15) is 49.1 Å². The van der Waals surface area contributed by atoms with Crippen LogP contribution >= 0.6 is 0 Å². The first-order valence-electron chi connectivity index (χ1n) is 11.5. The van der Waals surface area contributed by atoms with Crippen molar-refractivity contribution < 1.29 is 24.2 Å². The van der Waals surface area contributed by atoms with Crippen molar-refractivity contribution in [1.29, 1.82) is 0 Å². The first kappa shape index (κ1) is 22.8. The lowest BCUT2D eigenvalue weighted by atomic mass is 9.82. The Morgan fingerprint density at radius 2 is 1.61 bits per heavy atom. The number of carbonyl (C=O) groups excluding carboxylic acids is 2. The molecule has 0 radical (unpaired) electrons. The van der Waals surface area contributed by atoms with Crippen molar-refractivity contribution >= 4 is 18.0 Å². The molecule has 0 heterocycles. The van der Waals surface area contributed by atoms with E-state index in [9.17, 15) is 14.4 Å². The van der Waals surface area contributed by atoms with Crippen molar-refractivity contribution in [3.8, 4) is 11.1 Å². The summed E-state index contributed by atoms with van der Waals surface area (Å²) in [4.78, 5) is 37.2. The Balaban J connectivity index is 1.36. The Bertz CT molecular complexity index is 991. The van der Waals surface area contributed by atoms with Crippen LogP contribution in [0.25, 0.3) is 11.1 Å². The van der Waals surface area contributed by atoms with Gasteiger partial charge in [-0.15, -0.1) is 0 Å². The summed E-state index contributed by atoms with van der Waals surface area (Å²) in [6, 6.07) is 16.2. The fourth-order valence-corrected chi connectivity index (χ4v) is 5.10. The summed E-state index contributed by atoms with van der Waals surface area (Å²) >= 11 is 0. The predicted molar refractivity (Wildman–Crippen MR) is 124 cm³/mol. The molecule has 7 heteroatoms. The van der Waals surface area contributed by atoms with Gasteiger partial charge < -0.3 is 20.1 Å². The third-order valence-corrected chi connectivity index (χ3v) is 6.79. The van der Waals surface area contributed by atoms with Gasteiger partial charge >= 0.3 is 12.1 Å². The number of hydrogen-bond donors (Lipinski definition) is 2. The summed E-state index contributed by atoms with van der Waals surface area (Å²) < 4.78 is 5.67.